The van der Waals surface area contributed by atoms with E-state index in [9.17, 15) is 5.11 Å². The van der Waals surface area contributed by atoms with Crippen molar-refractivity contribution >= 4 is 17.2 Å². The molecular formula is C15H24N2O3S. The number of hydrogen-bond acceptors (Lipinski definition) is 5. The molecule has 0 saturated carbocycles. The molecule has 0 aliphatic heterocycles. The molecule has 0 amide bonds. The molecule has 0 bridgehead atoms. The summed E-state index contributed by atoms with van der Waals surface area (Å²) in [4.78, 5) is 2.39. The average Bonchev–Trinajstić information content (AvgIpc) is 2.45. The Bertz CT molecular complexity index is 439. The predicted octanol–water partition coefficient (Wildman–Crippen LogP) is 1.03. The van der Waals surface area contributed by atoms with E-state index in [2.05, 4.69) is 0 Å². The first kappa shape index (κ1) is 17.8. The molecule has 0 saturated heterocycles. The molecule has 0 aliphatic carbocycles. The van der Waals surface area contributed by atoms with Crippen LogP contribution in [0.15, 0.2) is 24.3 Å². The lowest BCUT2D eigenvalue weighted by Gasteiger charge is -2.26. The molecule has 1 aromatic rings. The number of likely N-dealkylation sites (N-methyl/N-ethyl adjacent to an activating group) is 1. The van der Waals surface area contributed by atoms with Gasteiger partial charge in [0, 0.05) is 25.3 Å². The van der Waals surface area contributed by atoms with E-state index in [1.165, 1.54) is 0 Å². The summed E-state index contributed by atoms with van der Waals surface area (Å²) >= 11 is 4.89. The number of thiocarbonyl (C=S) groups is 1. The van der Waals surface area contributed by atoms with Gasteiger partial charge in [-0.2, -0.15) is 0 Å². The van der Waals surface area contributed by atoms with Gasteiger partial charge in [-0.15, -0.1) is 0 Å². The predicted molar refractivity (Wildman–Crippen MR) is 87.8 cm³/mol. The molecule has 21 heavy (non-hydrogen) atoms. The molecular weight excluding hydrogens is 288 g/mol. The maximum absolute atomic E-state index is 9.99. The Morgan fingerprint density at radius 3 is 2.48 bits per heavy atom. The van der Waals surface area contributed by atoms with Gasteiger partial charge in [0.05, 0.1) is 6.61 Å². The Morgan fingerprint density at radius 1 is 1.33 bits per heavy atom. The summed E-state index contributed by atoms with van der Waals surface area (Å²) in [6, 6.07) is 7.43. The molecule has 5 nitrogen and oxygen atoms in total. The largest absolute Gasteiger partial charge is 0.491 e. The smallest absolute Gasteiger partial charge is 0.119 e. The minimum Gasteiger partial charge on any atom is -0.491 e. The summed E-state index contributed by atoms with van der Waals surface area (Å²) in [6.07, 6.45) is -0.565. The van der Waals surface area contributed by atoms with Gasteiger partial charge in [0.25, 0.3) is 0 Å². The van der Waals surface area contributed by atoms with Crippen LogP contribution in [0.25, 0.3) is 0 Å². The van der Waals surface area contributed by atoms with Crippen LogP contribution >= 0.6 is 12.2 Å². The molecule has 0 heterocycles. The van der Waals surface area contributed by atoms with Crippen LogP contribution in [0.2, 0.25) is 0 Å². The lowest BCUT2D eigenvalue weighted by atomic mass is 10.2. The normalized spacial score (nSPS) is 14.0. The Balaban J connectivity index is 2.38. The van der Waals surface area contributed by atoms with Crippen LogP contribution in [-0.4, -0.2) is 61.1 Å². The van der Waals surface area contributed by atoms with E-state index in [0.717, 1.165) is 5.56 Å². The Morgan fingerprint density at radius 2 is 1.95 bits per heavy atom. The summed E-state index contributed by atoms with van der Waals surface area (Å²) in [6.45, 7) is 3.43. The van der Waals surface area contributed by atoms with E-state index in [1.807, 2.05) is 18.9 Å². The summed E-state index contributed by atoms with van der Waals surface area (Å²) < 4.78 is 10.6. The number of aliphatic hydroxyl groups excluding tert-OH is 1. The third-order valence-electron chi connectivity index (χ3n) is 3.24. The van der Waals surface area contributed by atoms with Gasteiger partial charge in [0.1, 0.15) is 23.4 Å². The zero-order chi connectivity index (χ0) is 15.8. The van der Waals surface area contributed by atoms with Crippen LogP contribution in [0.1, 0.15) is 12.5 Å². The lowest BCUT2D eigenvalue weighted by Crippen LogP contribution is -2.40. The molecule has 0 aromatic heterocycles. The molecule has 0 spiro atoms. The van der Waals surface area contributed by atoms with E-state index < -0.39 is 6.10 Å². The number of hydrogen-bond donors (Lipinski definition) is 2. The highest BCUT2D eigenvalue weighted by Gasteiger charge is 2.14. The van der Waals surface area contributed by atoms with Gasteiger partial charge in [0.15, 0.2) is 0 Å². The molecule has 0 aliphatic rings. The zero-order valence-electron chi connectivity index (χ0n) is 12.8. The Hall–Kier alpha value is -1.21. The highest BCUT2D eigenvalue weighted by Crippen LogP contribution is 2.12. The van der Waals surface area contributed by atoms with Crippen LogP contribution in [0.4, 0.5) is 0 Å². The van der Waals surface area contributed by atoms with Crippen molar-refractivity contribution in [1.82, 2.24) is 4.90 Å². The second kappa shape index (κ2) is 8.94. The first-order chi connectivity index (χ1) is 9.93. The van der Waals surface area contributed by atoms with Crippen LogP contribution in [0.5, 0.6) is 5.75 Å². The van der Waals surface area contributed by atoms with Crippen molar-refractivity contribution in [2.24, 2.45) is 5.73 Å². The van der Waals surface area contributed by atoms with Crippen molar-refractivity contribution in [1.29, 1.82) is 0 Å². The van der Waals surface area contributed by atoms with Crippen LogP contribution in [0, 0.1) is 0 Å². The highest BCUT2D eigenvalue weighted by molar-refractivity contribution is 7.80. The first-order valence-electron chi connectivity index (χ1n) is 6.84. The van der Waals surface area contributed by atoms with E-state index in [1.54, 1.807) is 31.4 Å². The van der Waals surface area contributed by atoms with Crippen molar-refractivity contribution in [3.63, 3.8) is 0 Å². The number of rotatable bonds is 9. The van der Waals surface area contributed by atoms with E-state index in [0.29, 0.717) is 23.9 Å². The minimum atomic E-state index is -0.565. The quantitative estimate of drug-likeness (QED) is 0.664. The minimum absolute atomic E-state index is 0.233. The van der Waals surface area contributed by atoms with Crippen molar-refractivity contribution in [3.05, 3.63) is 29.8 Å². The third-order valence-corrected chi connectivity index (χ3v) is 3.48. The van der Waals surface area contributed by atoms with E-state index >= 15 is 0 Å². The maximum atomic E-state index is 9.99. The highest BCUT2D eigenvalue weighted by atomic mass is 32.1. The number of methoxy groups -OCH3 is 1. The number of nitrogens with zero attached hydrogens (tertiary/aromatic N) is 1. The van der Waals surface area contributed by atoms with Gasteiger partial charge in [0.2, 0.25) is 0 Å². The second-order valence-electron chi connectivity index (χ2n) is 5.10. The molecule has 0 fully saturated rings. The summed E-state index contributed by atoms with van der Waals surface area (Å²) in [5.41, 5.74) is 6.33. The standard InChI is InChI=1S/C15H24N2O3S/c1-11(9-19-3)17(2)8-13(18)10-20-14-6-4-12(5-7-14)15(16)21/h4-7,11,13,18H,8-10H2,1-3H3,(H2,16,21). The molecule has 2 unspecified atom stereocenters. The molecule has 3 N–H and O–H groups in total. The van der Waals surface area contributed by atoms with E-state index in [-0.39, 0.29) is 12.6 Å². The van der Waals surface area contributed by atoms with Crippen LogP contribution in [-0.2, 0) is 4.74 Å². The van der Waals surface area contributed by atoms with E-state index in [4.69, 9.17) is 27.4 Å². The monoisotopic (exact) mass is 312 g/mol. The van der Waals surface area contributed by atoms with Crippen LogP contribution < -0.4 is 10.5 Å². The van der Waals surface area contributed by atoms with Crippen molar-refractivity contribution in [2.75, 3.05) is 33.9 Å². The van der Waals surface area contributed by atoms with Gasteiger partial charge >= 0.3 is 0 Å². The van der Waals surface area contributed by atoms with Crippen molar-refractivity contribution in [3.8, 4) is 5.75 Å². The summed E-state index contributed by atoms with van der Waals surface area (Å²) in [7, 11) is 3.62. The third kappa shape index (κ3) is 6.39. The molecule has 0 radical (unpaired) electrons. The fourth-order valence-electron chi connectivity index (χ4n) is 1.84. The first-order valence-corrected chi connectivity index (χ1v) is 7.24. The maximum Gasteiger partial charge on any atom is 0.119 e. The number of nitrogens with two attached hydrogens (primary N) is 1. The van der Waals surface area contributed by atoms with Crippen molar-refractivity contribution < 1.29 is 14.6 Å². The summed E-state index contributed by atoms with van der Waals surface area (Å²) in [5.74, 6) is 0.682. The van der Waals surface area contributed by atoms with Gasteiger partial charge in [-0.05, 0) is 38.2 Å². The SMILES string of the molecule is COCC(C)N(C)CC(O)COc1ccc(C(N)=S)cc1. The number of benzene rings is 1. The van der Waals surface area contributed by atoms with Gasteiger partial charge < -0.3 is 20.3 Å². The molecule has 1 rings (SSSR count). The second-order valence-corrected chi connectivity index (χ2v) is 5.54. The average molecular weight is 312 g/mol. The molecule has 6 heteroatoms. The van der Waals surface area contributed by atoms with Gasteiger partial charge in [-0.1, -0.05) is 12.2 Å². The molecule has 2 atom stereocenters. The lowest BCUT2D eigenvalue weighted by molar-refractivity contribution is 0.0466. The fourth-order valence-corrected chi connectivity index (χ4v) is 1.98. The number of aliphatic hydroxyl groups is 1. The van der Waals surface area contributed by atoms with Crippen molar-refractivity contribution in [2.45, 2.75) is 19.1 Å². The Kier molecular flexibility index (Phi) is 7.60. The fraction of sp³-hybridized carbons (Fsp3) is 0.533. The van der Waals surface area contributed by atoms with Gasteiger partial charge in [-0.3, -0.25) is 4.90 Å². The van der Waals surface area contributed by atoms with Crippen LogP contribution in [0.3, 0.4) is 0 Å². The van der Waals surface area contributed by atoms with Gasteiger partial charge in [-0.25, -0.2) is 0 Å². The Labute approximate surface area is 131 Å². The molecule has 1 aromatic carbocycles. The molecule has 118 valence electrons. The summed E-state index contributed by atoms with van der Waals surface area (Å²) in [5, 5.41) is 9.99. The topological polar surface area (TPSA) is 68.0 Å². The zero-order valence-corrected chi connectivity index (χ0v) is 13.6. The number of ether oxygens (including phenoxy) is 2.